The van der Waals surface area contributed by atoms with Crippen molar-refractivity contribution in [1.29, 1.82) is 0 Å². The Labute approximate surface area is 143 Å². The first-order valence-corrected chi connectivity index (χ1v) is 8.15. The number of hydrogen-bond donors (Lipinski definition) is 2. The number of carbonyl (C=O) groups excluding carboxylic acids is 1. The predicted octanol–water partition coefficient (Wildman–Crippen LogP) is 3.70. The van der Waals surface area contributed by atoms with Gasteiger partial charge in [0.25, 0.3) is 5.91 Å². The Morgan fingerprint density at radius 2 is 2.00 bits per heavy atom. The van der Waals surface area contributed by atoms with E-state index in [1.165, 1.54) is 30.1 Å². The zero-order chi connectivity index (χ0) is 16.9. The molecule has 0 saturated heterocycles. The Kier molecular flexibility index (Phi) is 4.77. The van der Waals surface area contributed by atoms with E-state index in [1.54, 1.807) is 18.3 Å². The number of methoxy groups -OCH3 is 1. The largest absolute Gasteiger partial charge is 0.504 e. The van der Waals surface area contributed by atoms with Gasteiger partial charge < -0.3 is 9.84 Å². The molecule has 0 spiro atoms. The van der Waals surface area contributed by atoms with Crippen LogP contribution in [0.4, 0.5) is 5.13 Å². The van der Waals surface area contributed by atoms with Crippen molar-refractivity contribution in [2.45, 2.75) is 6.42 Å². The van der Waals surface area contributed by atoms with Crippen molar-refractivity contribution in [3.05, 3.63) is 70.7 Å². The SMILES string of the molecule is COc1cccc(C(=O)Nc2ncc(Cc3ccccc3)s2)c1O. The molecule has 0 saturated carbocycles. The summed E-state index contributed by atoms with van der Waals surface area (Å²) in [5, 5.41) is 13.2. The summed E-state index contributed by atoms with van der Waals surface area (Å²) in [5.41, 5.74) is 1.33. The third-order valence-electron chi connectivity index (χ3n) is 3.46. The molecular formula is C18H16N2O3S. The van der Waals surface area contributed by atoms with Gasteiger partial charge in [-0.15, -0.1) is 11.3 Å². The molecule has 1 amide bonds. The monoisotopic (exact) mass is 340 g/mol. The molecule has 2 aromatic carbocycles. The molecule has 2 N–H and O–H groups in total. The van der Waals surface area contributed by atoms with Gasteiger partial charge in [0.15, 0.2) is 16.6 Å². The van der Waals surface area contributed by atoms with Crippen LogP contribution in [-0.4, -0.2) is 23.1 Å². The maximum absolute atomic E-state index is 12.3. The maximum atomic E-state index is 12.3. The highest BCUT2D eigenvalue weighted by Crippen LogP contribution is 2.30. The minimum absolute atomic E-state index is 0.147. The summed E-state index contributed by atoms with van der Waals surface area (Å²) < 4.78 is 5.01. The number of aromatic nitrogens is 1. The van der Waals surface area contributed by atoms with Crippen molar-refractivity contribution < 1.29 is 14.6 Å². The third kappa shape index (κ3) is 3.55. The lowest BCUT2D eigenvalue weighted by Gasteiger charge is -2.07. The fourth-order valence-electron chi connectivity index (χ4n) is 2.28. The van der Waals surface area contributed by atoms with Crippen molar-refractivity contribution in [3.8, 4) is 11.5 Å². The molecule has 0 aliphatic carbocycles. The topological polar surface area (TPSA) is 71.5 Å². The smallest absolute Gasteiger partial charge is 0.261 e. The molecule has 122 valence electrons. The van der Waals surface area contributed by atoms with E-state index in [0.717, 1.165) is 11.3 Å². The highest BCUT2D eigenvalue weighted by Gasteiger charge is 2.16. The van der Waals surface area contributed by atoms with Crippen LogP contribution in [0.3, 0.4) is 0 Å². The van der Waals surface area contributed by atoms with Crippen molar-refractivity contribution in [3.63, 3.8) is 0 Å². The zero-order valence-corrected chi connectivity index (χ0v) is 13.8. The molecule has 0 fully saturated rings. The van der Waals surface area contributed by atoms with Gasteiger partial charge in [-0.2, -0.15) is 0 Å². The van der Waals surface area contributed by atoms with Crippen LogP contribution in [0, 0.1) is 0 Å². The second-order valence-electron chi connectivity index (χ2n) is 5.10. The molecule has 0 atom stereocenters. The molecule has 0 aliphatic rings. The molecule has 0 bridgehead atoms. The predicted molar refractivity (Wildman–Crippen MR) is 94.0 cm³/mol. The van der Waals surface area contributed by atoms with E-state index in [9.17, 15) is 9.90 Å². The van der Waals surface area contributed by atoms with E-state index < -0.39 is 5.91 Å². The fraction of sp³-hybridized carbons (Fsp3) is 0.111. The standard InChI is InChI=1S/C18H16N2O3S/c1-23-15-9-5-8-14(16(15)21)17(22)20-18-19-11-13(24-18)10-12-6-3-2-4-7-12/h2-9,11,21H,10H2,1H3,(H,19,20,22). The quantitative estimate of drug-likeness (QED) is 0.743. The molecule has 3 rings (SSSR count). The van der Waals surface area contributed by atoms with E-state index in [4.69, 9.17) is 4.74 Å². The summed E-state index contributed by atoms with van der Waals surface area (Å²) in [4.78, 5) is 17.6. The summed E-state index contributed by atoms with van der Waals surface area (Å²) in [6.45, 7) is 0. The number of benzene rings is 2. The number of thiazole rings is 1. The number of para-hydroxylation sites is 1. The minimum atomic E-state index is -0.424. The molecule has 0 aliphatic heterocycles. The lowest BCUT2D eigenvalue weighted by molar-refractivity contribution is 0.102. The highest BCUT2D eigenvalue weighted by atomic mass is 32.1. The molecule has 5 nitrogen and oxygen atoms in total. The van der Waals surface area contributed by atoms with Gasteiger partial charge in [-0.05, 0) is 17.7 Å². The summed E-state index contributed by atoms with van der Waals surface area (Å²) in [6.07, 6.45) is 2.51. The fourth-order valence-corrected chi connectivity index (χ4v) is 3.12. The number of carbonyl (C=O) groups is 1. The number of amides is 1. The second kappa shape index (κ2) is 7.14. The Hall–Kier alpha value is -2.86. The molecule has 0 radical (unpaired) electrons. The van der Waals surface area contributed by atoms with E-state index in [1.807, 2.05) is 30.3 Å². The Morgan fingerprint density at radius 1 is 1.21 bits per heavy atom. The second-order valence-corrected chi connectivity index (χ2v) is 6.22. The van der Waals surface area contributed by atoms with Gasteiger partial charge in [0.05, 0.1) is 12.7 Å². The molecular weight excluding hydrogens is 324 g/mol. The van der Waals surface area contributed by atoms with E-state index in [2.05, 4.69) is 10.3 Å². The first-order valence-electron chi connectivity index (χ1n) is 7.33. The van der Waals surface area contributed by atoms with Crippen molar-refractivity contribution in [2.75, 3.05) is 12.4 Å². The number of phenols is 1. The number of nitrogens with one attached hydrogen (secondary N) is 1. The first-order chi connectivity index (χ1) is 11.7. The number of anilines is 1. The summed E-state index contributed by atoms with van der Waals surface area (Å²) in [6, 6.07) is 14.8. The van der Waals surface area contributed by atoms with E-state index in [0.29, 0.717) is 5.13 Å². The number of phenolic OH excluding ortho intramolecular Hbond substituents is 1. The summed E-state index contributed by atoms with van der Waals surface area (Å²) in [7, 11) is 1.44. The average molecular weight is 340 g/mol. The Balaban J connectivity index is 1.72. The Bertz CT molecular complexity index is 846. The normalized spacial score (nSPS) is 10.4. The van der Waals surface area contributed by atoms with Crippen LogP contribution >= 0.6 is 11.3 Å². The Morgan fingerprint density at radius 3 is 2.75 bits per heavy atom. The van der Waals surface area contributed by atoms with Crippen LogP contribution < -0.4 is 10.1 Å². The molecule has 1 aromatic heterocycles. The number of hydrogen-bond acceptors (Lipinski definition) is 5. The van der Waals surface area contributed by atoms with Gasteiger partial charge >= 0.3 is 0 Å². The third-order valence-corrected chi connectivity index (χ3v) is 4.37. The molecule has 0 unspecified atom stereocenters. The van der Waals surface area contributed by atoms with Crippen molar-refractivity contribution >= 4 is 22.4 Å². The number of nitrogens with zero attached hydrogens (tertiary/aromatic N) is 1. The van der Waals surface area contributed by atoms with Gasteiger partial charge in [0, 0.05) is 17.5 Å². The minimum Gasteiger partial charge on any atom is -0.504 e. The summed E-state index contributed by atoms with van der Waals surface area (Å²) >= 11 is 1.41. The first kappa shape index (κ1) is 16.0. The zero-order valence-electron chi connectivity index (χ0n) is 13.0. The van der Waals surface area contributed by atoms with E-state index in [-0.39, 0.29) is 17.1 Å². The summed E-state index contributed by atoms with van der Waals surface area (Å²) in [5.74, 6) is -0.350. The van der Waals surface area contributed by atoms with Crippen LogP contribution in [0.2, 0.25) is 0 Å². The van der Waals surface area contributed by atoms with Crippen LogP contribution in [0.1, 0.15) is 20.8 Å². The van der Waals surface area contributed by atoms with Gasteiger partial charge in [-0.3, -0.25) is 10.1 Å². The van der Waals surface area contributed by atoms with Gasteiger partial charge in [-0.25, -0.2) is 4.98 Å². The van der Waals surface area contributed by atoms with Gasteiger partial charge in [-0.1, -0.05) is 36.4 Å². The molecule has 3 aromatic rings. The lowest BCUT2D eigenvalue weighted by Crippen LogP contribution is -2.12. The van der Waals surface area contributed by atoms with Crippen LogP contribution in [0.15, 0.2) is 54.7 Å². The van der Waals surface area contributed by atoms with Crippen LogP contribution in [0.5, 0.6) is 11.5 Å². The van der Waals surface area contributed by atoms with Gasteiger partial charge in [0.2, 0.25) is 0 Å². The highest BCUT2D eigenvalue weighted by molar-refractivity contribution is 7.15. The van der Waals surface area contributed by atoms with E-state index >= 15 is 0 Å². The molecule has 6 heteroatoms. The molecule has 24 heavy (non-hydrogen) atoms. The lowest BCUT2D eigenvalue weighted by atomic mass is 10.1. The van der Waals surface area contributed by atoms with Gasteiger partial charge in [0.1, 0.15) is 0 Å². The van der Waals surface area contributed by atoms with Crippen LogP contribution in [0.25, 0.3) is 0 Å². The van der Waals surface area contributed by atoms with Crippen LogP contribution in [-0.2, 0) is 6.42 Å². The van der Waals surface area contributed by atoms with Crippen molar-refractivity contribution in [1.82, 2.24) is 4.98 Å². The average Bonchev–Trinajstić information content (AvgIpc) is 3.02. The number of ether oxygens (including phenoxy) is 1. The number of rotatable bonds is 5. The maximum Gasteiger partial charge on any atom is 0.261 e. The number of aromatic hydroxyl groups is 1. The molecule has 1 heterocycles. The van der Waals surface area contributed by atoms with Crippen molar-refractivity contribution in [2.24, 2.45) is 0 Å².